The third-order valence-corrected chi connectivity index (χ3v) is 3.71. The number of nitrogens with zero attached hydrogens (tertiary/aromatic N) is 1. The summed E-state index contributed by atoms with van der Waals surface area (Å²) in [5.41, 5.74) is 5.83. The summed E-state index contributed by atoms with van der Waals surface area (Å²) in [6, 6.07) is 0.776. The predicted molar refractivity (Wildman–Crippen MR) is 67.0 cm³/mol. The van der Waals surface area contributed by atoms with Gasteiger partial charge in [0.15, 0.2) is 0 Å². The highest BCUT2D eigenvalue weighted by Gasteiger charge is 2.19. The first-order valence-electron chi connectivity index (χ1n) is 6.72. The molecule has 0 aromatic heterocycles. The van der Waals surface area contributed by atoms with Crippen LogP contribution >= 0.6 is 0 Å². The zero-order valence-corrected chi connectivity index (χ0v) is 10.5. The molecule has 2 N–H and O–H groups in total. The minimum Gasteiger partial charge on any atom is -0.330 e. The van der Waals surface area contributed by atoms with Crippen molar-refractivity contribution in [3.63, 3.8) is 0 Å². The lowest BCUT2D eigenvalue weighted by atomic mass is 10.0. The molecule has 2 heteroatoms. The molecule has 1 fully saturated rings. The molecule has 0 aromatic carbocycles. The molecule has 2 nitrogen and oxygen atoms in total. The highest BCUT2D eigenvalue weighted by atomic mass is 15.2. The third kappa shape index (κ3) is 4.52. The topological polar surface area (TPSA) is 29.3 Å². The normalized spacial score (nSPS) is 26.2. The van der Waals surface area contributed by atoms with E-state index in [4.69, 9.17) is 5.73 Å². The number of likely N-dealkylation sites (tertiary alicyclic amines) is 1. The second-order valence-electron chi connectivity index (χ2n) is 5.08. The van der Waals surface area contributed by atoms with Crippen LogP contribution in [0.3, 0.4) is 0 Å². The van der Waals surface area contributed by atoms with E-state index in [1.54, 1.807) is 0 Å². The Balaban J connectivity index is 2.38. The van der Waals surface area contributed by atoms with Crippen molar-refractivity contribution in [2.45, 2.75) is 58.4 Å². The van der Waals surface area contributed by atoms with Crippen molar-refractivity contribution in [3.8, 4) is 0 Å². The summed E-state index contributed by atoms with van der Waals surface area (Å²) in [4.78, 5) is 2.67. The Bertz CT molecular complexity index is 159. The fourth-order valence-electron chi connectivity index (χ4n) is 2.63. The first kappa shape index (κ1) is 13.0. The van der Waals surface area contributed by atoms with Crippen LogP contribution in [-0.4, -0.2) is 30.6 Å². The summed E-state index contributed by atoms with van der Waals surface area (Å²) in [6.45, 7) is 8.02. The second-order valence-corrected chi connectivity index (χ2v) is 5.08. The van der Waals surface area contributed by atoms with Crippen molar-refractivity contribution in [1.82, 2.24) is 4.90 Å². The maximum Gasteiger partial charge on any atom is 0.00670 e. The summed E-state index contributed by atoms with van der Waals surface area (Å²) >= 11 is 0. The summed E-state index contributed by atoms with van der Waals surface area (Å²) in [7, 11) is 0. The van der Waals surface area contributed by atoms with E-state index in [9.17, 15) is 0 Å². The molecule has 0 aliphatic carbocycles. The minimum atomic E-state index is 0.718. The van der Waals surface area contributed by atoms with Gasteiger partial charge in [-0.05, 0) is 45.2 Å². The SMILES string of the molecule is CCCC(CN)CN1CCCCCC1C. The highest BCUT2D eigenvalue weighted by molar-refractivity contribution is 4.74. The van der Waals surface area contributed by atoms with Gasteiger partial charge in [-0.3, -0.25) is 0 Å². The molecule has 0 aromatic rings. The molecular weight excluding hydrogens is 184 g/mol. The molecule has 2 atom stereocenters. The largest absolute Gasteiger partial charge is 0.330 e. The van der Waals surface area contributed by atoms with Crippen molar-refractivity contribution >= 4 is 0 Å². The molecule has 0 radical (unpaired) electrons. The molecule has 0 spiro atoms. The standard InChI is InChI=1S/C13H28N2/c1-3-7-13(10-14)11-15-9-6-4-5-8-12(15)2/h12-13H,3-11,14H2,1-2H3. The molecule has 2 unspecified atom stereocenters. The number of nitrogens with two attached hydrogens (primary N) is 1. The third-order valence-electron chi connectivity index (χ3n) is 3.71. The van der Waals surface area contributed by atoms with Crippen molar-refractivity contribution < 1.29 is 0 Å². The lowest BCUT2D eigenvalue weighted by Gasteiger charge is -2.30. The van der Waals surface area contributed by atoms with E-state index < -0.39 is 0 Å². The van der Waals surface area contributed by atoms with Crippen molar-refractivity contribution in [3.05, 3.63) is 0 Å². The number of rotatable bonds is 5. The molecule has 1 aliphatic rings. The van der Waals surface area contributed by atoms with Gasteiger partial charge in [-0.1, -0.05) is 26.2 Å². The van der Waals surface area contributed by atoms with Crippen LogP contribution in [0.2, 0.25) is 0 Å². The molecule has 90 valence electrons. The minimum absolute atomic E-state index is 0.718. The van der Waals surface area contributed by atoms with Crippen LogP contribution in [0.4, 0.5) is 0 Å². The second kappa shape index (κ2) is 7.24. The van der Waals surface area contributed by atoms with Crippen LogP contribution in [-0.2, 0) is 0 Å². The maximum atomic E-state index is 5.83. The van der Waals surface area contributed by atoms with E-state index in [1.165, 1.54) is 51.6 Å². The molecule has 0 saturated carbocycles. The Labute approximate surface area is 95.2 Å². The first-order chi connectivity index (χ1) is 7.27. The van der Waals surface area contributed by atoms with Crippen LogP contribution in [0, 0.1) is 5.92 Å². The molecule has 0 bridgehead atoms. The Hall–Kier alpha value is -0.0800. The van der Waals surface area contributed by atoms with E-state index in [0.717, 1.165) is 18.5 Å². The molecule has 1 aliphatic heterocycles. The van der Waals surface area contributed by atoms with Crippen LogP contribution in [0.25, 0.3) is 0 Å². The molecule has 1 saturated heterocycles. The van der Waals surface area contributed by atoms with Gasteiger partial charge in [-0.25, -0.2) is 0 Å². The monoisotopic (exact) mass is 212 g/mol. The van der Waals surface area contributed by atoms with E-state index in [1.807, 2.05) is 0 Å². The summed E-state index contributed by atoms with van der Waals surface area (Å²) in [5, 5.41) is 0. The first-order valence-corrected chi connectivity index (χ1v) is 6.72. The van der Waals surface area contributed by atoms with Crippen LogP contribution in [0.15, 0.2) is 0 Å². The smallest absolute Gasteiger partial charge is 0.00670 e. The predicted octanol–water partition coefficient (Wildman–Crippen LogP) is 2.63. The van der Waals surface area contributed by atoms with Crippen LogP contribution in [0.5, 0.6) is 0 Å². The van der Waals surface area contributed by atoms with Gasteiger partial charge in [-0.15, -0.1) is 0 Å². The van der Waals surface area contributed by atoms with Gasteiger partial charge in [0.2, 0.25) is 0 Å². The van der Waals surface area contributed by atoms with Gasteiger partial charge in [0.25, 0.3) is 0 Å². The van der Waals surface area contributed by atoms with E-state index in [0.29, 0.717) is 0 Å². The summed E-state index contributed by atoms with van der Waals surface area (Å²) in [5.74, 6) is 0.718. The summed E-state index contributed by atoms with van der Waals surface area (Å²) in [6.07, 6.45) is 8.15. The number of hydrogen-bond donors (Lipinski definition) is 1. The average Bonchev–Trinajstić information content (AvgIpc) is 2.43. The van der Waals surface area contributed by atoms with Crippen molar-refractivity contribution in [2.24, 2.45) is 11.7 Å². The van der Waals surface area contributed by atoms with Gasteiger partial charge in [0.1, 0.15) is 0 Å². The van der Waals surface area contributed by atoms with Gasteiger partial charge in [0.05, 0.1) is 0 Å². The maximum absolute atomic E-state index is 5.83. The van der Waals surface area contributed by atoms with Gasteiger partial charge >= 0.3 is 0 Å². The van der Waals surface area contributed by atoms with Crippen LogP contribution in [0.1, 0.15) is 52.4 Å². The Morgan fingerprint density at radius 1 is 1.33 bits per heavy atom. The van der Waals surface area contributed by atoms with Crippen LogP contribution < -0.4 is 5.73 Å². The lowest BCUT2D eigenvalue weighted by Crippen LogP contribution is -2.38. The van der Waals surface area contributed by atoms with E-state index >= 15 is 0 Å². The number of hydrogen-bond acceptors (Lipinski definition) is 2. The molecule has 0 amide bonds. The fourth-order valence-corrected chi connectivity index (χ4v) is 2.63. The van der Waals surface area contributed by atoms with Crippen molar-refractivity contribution in [2.75, 3.05) is 19.6 Å². The summed E-state index contributed by atoms with van der Waals surface area (Å²) < 4.78 is 0. The molecule has 1 heterocycles. The van der Waals surface area contributed by atoms with E-state index in [2.05, 4.69) is 18.7 Å². The van der Waals surface area contributed by atoms with Gasteiger partial charge < -0.3 is 10.6 Å². The molecular formula is C13H28N2. The highest BCUT2D eigenvalue weighted by Crippen LogP contribution is 2.18. The Kier molecular flexibility index (Phi) is 6.26. The average molecular weight is 212 g/mol. The molecule has 1 rings (SSSR count). The quantitative estimate of drug-likeness (QED) is 0.759. The zero-order valence-electron chi connectivity index (χ0n) is 10.5. The zero-order chi connectivity index (χ0) is 11.1. The Morgan fingerprint density at radius 2 is 2.13 bits per heavy atom. The fraction of sp³-hybridized carbons (Fsp3) is 1.00. The van der Waals surface area contributed by atoms with Gasteiger partial charge in [-0.2, -0.15) is 0 Å². The lowest BCUT2D eigenvalue weighted by molar-refractivity contribution is 0.177. The van der Waals surface area contributed by atoms with Crippen molar-refractivity contribution in [1.29, 1.82) is 0 Å². The molecule has 15 heavy (non-hydrogen) atoms. The van der Waals surface area contributed by atoms with E-state index in [-0.39, 0.29) is 0 Å². The Morgan fingerprint density at radius 3 is 2.80 bits per heavy atom. The van der Waals surface area contributed by atoms with Gasteiger partial charge in [0, 0.05) is 12.6 Å².